The second kappa shape index (κ2) is 3.04. The summed E-state index contributed by atoms with van der Waals surface area (Å²) >= 11 is 0. The van der Waals surface area contributed by atoms with E-state index in [1.54, 1.807) is 0 Å². The van der Waals surface area contributed by atoms with Crippen LogP contribution in [-0.4, -0.2) is 12.3 Å². The van der Waals surface area contributed by atoms with Crippen LogP contribution in [0.1, 0.15) is 25.7 Å². The molecule has 0 amide bonds. The van der Waals surface area contributed by atoms with E-state index >= 15 is 0 Å². The monoisotopic (exact) mass is 147 g/mol. The van der Waals surface area contributed by atoms with Gasteiger partial charge in [-0.2, -0.15) is 0 Å². The number of allylic oxidation sites excluding steroid dienone is 4. The maximum atomic E-state index is 4.54. The standard InChI is InChI=1S/C10H13N/c1-2-7-10-9(5-1)6-3-4-8-11-10/h1,5-6H,2-4,7-8H2. The molecule has 0 N–H and O–H groups in total. The summed E-state index contributed by atoms with van der Waals surface area (Å²) in [4.78, 5) is 4.54. The number of rotatable bonds is 0. The van der Waals surface area contributed by atoms with Crippen molar-refractivity contribution in [3.05, 3.63) is 23.8 Å². The molecule has 11 heavy (non-hydrogen) atoms. The van der Waals surface area contributed by atoms with Crippen LogP contribution in [0.4, 0.5) is 0 Å². The van der Waals surface area contributed by atoms with Crippen molar-refractivity contribution in [2.45, 2.75) is 25.7 Å². The summed E-state index contributed by atoms with van der Waals surface area (Å²) in [7, 11) is 0. The highest BCUT2D eigenvalue weighted by Gasteiger charge is 2.09. The van der Waals surface area contributed by atoms with Crippen LogP contribution in [0.5, 0.6) is 0 Å². The summed E-state index contributed by atoms with van der Waals surface area (Å²) in [6.07, 6.45) is 11.5. The molecule has 0 saturated carbocycles. The van der Waals surface area contributed by atoms with Crippen LogP contribution in [0.2, 0.25) is 0 Å². The normalized spacial score (nSPS) is 23.3. The van der Waals surface area contributed by atoms with Crippen molar-refractivity contribution in [1.29, 1.82) is 0 Å². The number of fused-ring (bicyclic) bond motifs is 1. The molecule has 0 saturated heterocycles. The van der Waals surface area contributed by atoms with Gasteiger partial charge in [-0.1, -0.05) is 18.2 Å². The maximum Gasteiger partial charge on any atom is 0.0420 e. The molecule has 1 heteroatoms. The molecule has 0 unspecified atom stereocenters. The van der Waals surface area contributed by atoms with Gasteiger partial charge in [-0.3, -0.25) is 4.99 Å². The number of hydrogen-bond acceptors (Lipinski definition) is 1. The van der Waals surface area contributed by atoms with Gasteiger partial charge in [0.15, 0.2) is 0 Å². The summed E-state index contributed by atoms with van der Waals surface area (Å²) in [6, 6.07) is 0. The minimum absolute atomic E-state index is 1.03. The fourth-order valence-electron chi connectivity index (χ4n) is 1.59. The molecular weight excluding hydrogens is 134 g/mol. The van der Waals surface area contributed by atoms with Crippen molar-refractivity contribution in [2.75, 3.05) is 6.54 Å². The van der Waals surface area contributed by atoms with Gasteiger partial charge in [0.25, 0.3) is 0 Å². The third kappa shape index (κ3) is 1.42. The van der Waals surface area contributed by atoms with Gasteiger partial charge >= 0.3 is 0 Å². The first kappa shape index (κ1) is 6.84. The second-order valence-electron chi connectivity index (χ2n) is 3.07. The van der Waals surface area contributed by atoms with Crippen LogP contribution < -0.4 is 0 Å². The Morgan fingerprint density at radius 1 is 1.27 bits per heavy atom. The van der Waals surface area contributed by atoms with E-state index in [4.69, 9.17) is 0 Å². The SMILES string of the molecule is C1=CC2=CCCCN=C2CC1. The smallest absolute Gasteiger partial charge is 0.0420 e. The van der Waals surface area contributed by atoms with Crippen molar-refractivity contribution in [3.8, 4) is 0 Å². The average Bonchev–Trinajstić information content (AvgIpc) is 2.28. The molecule has 0 aromatic carbocycles. The van der Waals surface area contributed by atoms with Gasteiger partial charge in [0.05, 0.1) is 0 Å². The van der Waals surface area contributed by atoms with E-state index in [2.05, 4.69) is 23.2 Å². The Morgan fingerprint density at radius 3 is 3.27 bits per heavy atom. The third-order valence-electron chi connectivity index (χ3n) is 2.21. The van der Waals surface area contributed by atoms with Gasteiger partial charge in [0.2, 0.25) is 0 Å². The van der Waals surface area contributed by atoms with Crippen molar-refractivity contribution in [1.82, 2.24) is 0 Å². The second-order valence-corrected chi connectivity index (χ2v) is 3.07. The van der Waals surface area contributed by atoms with E-state index in [1.165, 1.54) is 30.5 Å². The molecule has 0 aromatic rings. The van der Waals surface area contributed by atoms with Gasteiger partial charge in [-0.15, -0.1) is 0 Å². The minimum atomic E-state index is 1.03. The highest BCUT2D eigenvalue weighted by molar-refractivity contribution is 6.03. The van der Waals surface area contributed by atoms with E-state index < -0.39 is 0 Å². The zero-order chi connectivity index (χ0) is 7.52. The topological polar surface area (TPSA) is 12.4 Å². The molecule has 0 spiro atoms. The Hall–Kier alpha value is -0.850. The zero-order valence-electron chi connectivity index (χ0n) is 6.71. The molecule has 1 nitrogen and oxygen atoms in total. The largest absolute Gasteiger partial charge is 0.289 e. The molecule has 2 aliphatic rings. The van der Waals surface area contributed by atoms with Crippen LogP contribution in [0.15, 0.2) is 28.8 Å². The first-order chi connectivity index (χ1) is 5.47. The molecular formula is C10H13N. The number of hydrogen-bond donors (Lipinski definition) is 0. The number of nitrogens with zero attached hydrogens (tertiary/aromatic N) is 1. The van der Waals surface area contributed by atoms with E-state index in [0.29, 0.717) is 0 Å². The molecule has 0 aromatic heterocycles. The molecule has 58 valence electrons. The van der Waals surface area contributed by atoms with Gasteiger partial charge in [0.1, 0.15) is 0 Å². The van der Waals surface area contributed by atoms with Crippen LogP contribution in [0.3, 0.4) is 0 Å². The Morgan fingerprint density at radius 2 is 2.27 bits per heavy atom. The Kier molecular flexibility index (Phi) is 1.89. The van der Waals surface area contributed by atoms with Gasteiger partial charge in [0, 0.05) is 12.3 Å². The van der Waals surface area contributed by atoms with E-state index in [9.17, 15) is 0 Å². The van der Waals surface area contributed by atoms with Crippen LogP contribution in [-0.2, 0) is 0 Å². The van der Waals surface area contributed by atoms with Gasteiger partial charge in [-0.05, 0) is 31.3 Å². The van der Waals surface area contributed by atoms with E-state index in [0.717, 1.165) is 13.0 Å². The predicted molar refractivity (Wildman–Crippen MR) is 48.0 cm³/mol. The van der Waals surface area contributed by atoms with E-state index in [1.807, 2.05) is 0 Å². The highest BCUT2D eigenvalue weighted by Crippen LogP contribution is 2.17. The Labute approximate surface area is 67.5 Å². The molecule has 0 bridgehead atoms. The quantitative estimate of drug-likeness (QED) is 0.499. The van der Waals surface area contributed by atoms with Crippen molar-refractivity contribution in [3.63, 3.8) is 0 Å². The van der Waals surface area contributed by atoms with Crippen LogP contribution in [0, 0.1) is 0 Å². The molecule has 1 aliphatic heterocycles. The van der Waals surface area contributed by atoms with E-state index in [-0.39, 0.29) is 0 Å². The summed E-state index contributed by atoms with van der Waals surface area (Å²) < 4.78 is 0. The fourth-order valence-corrected chi connectivity index (χ4v) is 1.59. The Balaban J connectivity index is 2.30. The molecule has 0 radical (unpaired) electrons. The maximum absolute atomic E-state index is 4.54. The molecule has 0 atom stereocenters. The molecule has 2 rings (SSSR count). The molecule has 1 heterocycles. The first-order valence-corrected chi connectivity index (χ1v) is 4.37. The lowest BCUT2D eigenvalue weighted by Crippen LogP contribution is -2.04. The Bertz CT molecular complexity index is 233. The fraction of sp³-hybridized carbons (Fsp3) is 0.500. The van der Waals surface area contributed by atoms with Crippen LogP contribution >= 0.6 is 0 Å². The van der Waals surface area contributed by atoms with Crippen molar-refractivity contribution in [2.24, 2.45) is 4.99 Å². The van der Waals surface area contributed by atoms with Gasteiger partial charge < -0.3 is 0 Å². The highest BCUT2D eigenvalue weighted by atomic mass is 14.7. The first-order valence-electron chi connectivity index (χ1n) is 4.37. The lowest BCUT2D eigenvalue weighted by molar-refractivity contribution is 0.862. The summed E-state index contributed by atoms with van der Waals surface area (Å²) in [5.41, 5.74) is 2.72. The zero-order valence-corrected chi connectivity index (χ0v) is 6.71. The van der Waals surface area contributed by atoms with Crippen molar-refractivity contribution < 1.29 is 0 Å². The molecule has 0 fully saturated rings. The summed E-state index contributed by atoms with van der Waals surface area (Å²) in [5.74, 6) is 0. The average molecular weight is 147 g/mol. The van der Waals surface area contributed by atoms with Gasteiger partial charge in [-0.25, -0.2) is 0 Å². The number of aliphatic imine (C=N–C) groups is 1. The lowest BCUT2D eigenvalue weighted by atomic mass is 9.99. The van der Waals surface area contributed by atoms with Crippen LogP contribution in [0.25, 0.3) is 0 Å². The molecule has 1 aliphatic carbocycles. The predicted octanol–water partition coefficient (Wildman–Crippen LogP) is 2.50. The summed E-state index contributed by atoms with van der Waals surface area (Å²) in [5, 5.41) is 0. The summed E-state index contributed by atoms with van der Waals surface area (Å²) in [6.45, 7) is 1.03. The third-order valence-corrected chi connectivity index (χ3v) is 2.21. The van der Waals surface area contributed by atoms with Crippen molar-refractivity contribution >= 4 is 5.71 Å². The lowest BCUT2D eigenvalue weighted by Gasteiger charge is -2.09. The minimum Gasteiger partial charge on any atom is -0.289 e.